The number of carbonyl (C=O) groups excluding carboxylic acids is 2. The Hall–Kier alpha value is -1.58. The lowest BCUT2D eigenvalue weighted by Gasteiger charge is -1.93. The van der Waals surface area contributed by atoms with Gasteiger partial charge in [-0.15, -0.1) is 0 Å². The maximum atomic E-state index is 11.1. The number of hydrogen-bond acceptors (Lipinski definition) is 3. The van der Waals surface area contributed by atoms with Crippen LogP contribution in [0.5, 0.6) is 0 Å². The Kier molecular flexibility index (Phi) is 2.28. The van der Waals surface area contributed by atoms with Crippen molar-refractivity contribution in [1.29, 1.82) is 0 Å². The first-order valence-corrected chi connectivity index (χ1v) is 3.39. The topological polar surface area (TPSA) is 48.3 Å². The van der Waals surface area contributed by atoms with Crippen LogP contribution in [0.3, 0.4) is 0 Å². The maximum absolute atomic E-state index is 11.1. The minimum Gasteiger partial charge on any atom is -0.463 e. The van der Waals surface area contributed by atoms with E-state index in [1.165, 1.54) is 7.11 Å². The van der Waals surface area contributed by atoms with Gasteiger partial charge in [-0.05, 0) is 6.07 Å². The molecular weight excluding hydrogens is 158 g/mol. The normalized spacial score (nSPS) is 9.50. The van der Waals surface area contributed by atoms with Gasteiger partial charge in [0, 0.05) is 25.0 Å². The molecule has 12 heavy (non-hydrogen) atoms. The van der Waals surface area contributed by atoms with Gasteiger partial charge in [-0.2, -0.15) is 0 Å². The molecule has 1 aromatic heterocycles. The molecule has 0 aliphatic rings. The molecule has 64 valence electrons. The van der Waals surface area contributed by atoms with Crippen molar-refractivity contribution in [3.63, 3.8) is 0 Å². The SMILES string of the molecule is COC(=O)C(=O)c1ccn(C)c1. The van der Waals surface area contributed by atoms with Crippen LogP contribution in [0.2, 0.25) is 0 Å². The minimum atomic E-state index is -0.832. The van der Waals surface area contributed by atoms with E-state index in [1.54, 1.807) is 30.1 Å². The summed E-state index contributed by atoms with van der Waals surface area (Å²) in [5, 5.41) is 0. The number of nitrogens with zero attached hydrogens (tertiary/aromatic N) is 1. The Bertz CT molecular complexity index is 314. The van der Waals surface area contributed by atoms with Gasteiger partial charge < -0.3 is 9.30 Å². The average molecular weight is 167 g/mol. The number of aryl methyl sites for hydroxylation is 1. The third-order valence-electron chi connectivity index (χ3n) is 1.46. The number of hydrogen-bond donors (Lipinski definition) is 0. The molecule has 1 rings (SSSR count). The summed E-state index contributed by atoms with van der Waals surface area (Å²) in [6, 6.07) is 1.57. The lowest BCUT2D eigenvalue weighted by atomic mass is 10.2. The van der Waals surface area contributed by atoms with Gasteiger partial charge in [-0.25, -0.2) is 4.79 Å². The second-order valence-corrected chi connectivity index (χ2v) is 2.39. The van der Waals surface area contributed by atoms with Crippen LogP contribution in [-0.4, -0.2) is 23.4 Å². The molecule has 0 aromatic carbocycles. The smallest absolute Gasteiger partial charge is 0.379 e. The summed E-state index contributed by atoms with van der Waals surface area (Å²) < 4.78 is 5.97. The molecule has 0 amide bonds. The van der Waals surface area contributed by atoms with Crippen LogP contribution in [-0.2, 0) is 16.6 Å². The highest BCUT2D eigenvalue weighted by atomic mass is 16.5. The first-order chi connectivity index (χ1) is 5.65. The summed E-state index contributed by atoms with van der Waals surface area (Å²) in [6.45, 7) is 0. The van der Waals surface area contributed by atoms with E-state index >= 15 is 0 Å². The van der Waals surface area contributed by atoms with Crippen molar-refractivity contribution in [3.05, 3.63) is 24.0 Å². The van der Waals surface area contributed by atoms with Crippen molar-refractivity contribution >= 4 is 11.8 Å². The molecule has 0 spiro atoms. The molecule has 0 N–H and O–H groups in total. The largest absolute Gasteiger partial charge is 0.463 e. The Balaban J connectivity index is 2.85. The molecule has 1 aromatic rings. The van der Waals surface area contributed by atoms with E-state index in [2.05, 4.69) is 4.74 Å². The summed E-state index contributed by atoms with van der Waals surface area (Å²) in [5.41, 5.74) is 0.351. The maximum Gasteiger partial charge on any atom is 0.379 e. The van der Waals surface area contributed by atoms with Crippen LogP contribution >= 0.6 is 0 Å². The van der Waals surface area contributed by atoms with Gasteiger partial charge >= 0.3 is 5.97 Å². The standard InChI is InChI=1S/C8H9NO3/c1-9-4-3-6(5-9)7(10)8(11)12-2/h3-5H,1-2H3. The van der Waals surface area contributed by atoms with E-state index in [0.717, 1.165) is 0 Å². The highest BCUT2D eigenvalue weighted by molar-refractivity contribution is 6.40. The van der Waals surface area contributed by atoms with Crippen LogP contribution in [0.4, 0.5) is 0 Å². The molecule has 0 radical (unpaired) electrons. The van der Waals surface area contributed by atoms with Gasteiger partial charge in [0.05, 0.1) is 7.11 Å². The molecule has 4 heteroatoms. The van der Waals surface area contributed by atoms with Crippen molar-refractivity contribution in [2.45, 2.75) is 0 Å². The quantitative estimate of drug-likeness (QED) is 0.363. The molecule has 1 heterocycles. The number of ether oxygens (including phenoxy) is 1. The van der Waals surface area contributed by atoms with Crippen LogP contribution in [0.1, 0.15) is 10.4 Å². The van der Waals surface area contributed by atoms with Crippen LogP contribution in [0.15, 0.2) is 18.5 Å². The summed E-state index contributed by atoms with van der Waals surface area (Å²) in [4.78, 5) is 21.8. The fraction of sp³-hybridized carbons (Fsp3) is 0.250. The minimum absolute atomic E-state index is 0.351. The molecule has 0 unspecified atom stereocenters. The number of carbonyl (C=O) groups is 2. The van der Waals surface area contributed by atoms with E-state index in [4.69, 9.17) is 0 Å². The molecule has 0 saturated heterocycles. The molecule has 0 aliphatic heterocycles. The molecule has 0 fully saturated rings. The second-order valence-electron chi connectivity index (χ2n) is 2.39. The summed E-state index contributed by atoms with van der Waals surface area (Å²) in [6.07, 6.45) is 3.26. The molecule has 0 saturated carbocycles. The Labute approximate surface area is 69.7 Å². The molecule has 0 atom stereocenters. The molecule has 0 bridgehead atoms. The second kappa shape index (κ2) is 3.21. The van der Waals surface area contributed by atoms with Crippen LogP contribution < -0.4 is 0 Å². The first kappa shape index (κ1) is 8.52. The third-order valence-corrected chi connectivity index (χ3v) is 1.46. The Morgan fingerprint density at radius 2 is 2.17 bits per heavy atom. The number of methoxy groups -OCH3 is 1. The zero-order valence-electron chi connectivity index (χ0n) is 6.90. The number of rotatable bonds is 2. The Morgan fingerprint density at radius 1 is 1.50 bits per heavy atom. The lowest BCUT2D eigenvalue weighted by molar-refractivity contribution is -0.135. The van der Waals surface area contributed by atoms with E-state index in [9.17, 15) is 9.59 Å². The zero-order chi connectivity index (χ0) is 9.14. The first-order valence-electron chi connectivity index (χ1n) is 3.39. The summed E-state index contributed by atoms with van der Waals surface area (Å²) in [7, 11) is 2.96. The van der Waals surface area contributed by atoms with Crippen molar-refractivity contribution in [1.82, 2.24) is 4.57 Å². The number of aromatic nitrogens is 1. The van der Waals surface area contributed by atoms with Gasteiger partial charge in [0.15, 0.2) is 0 Å². The highest BCUT2D eigenvalue weighted by Gasteiger charge is 2.16. The highest BCUT2D eigenvalue weighted by Crippen LogP contribution is 2.01. The molecule has 0 aliphatic carbocycles. The van der Waals surface area contributed by atoms with E-state index in [-0.39, 0.29) is 0 Å². The fourth-order valence-corrected chi connectivity index (χ4v) is 0.848. The number of ketones is 1. The van der Waals surface area contributed by atoms with E-state index < -0.39 is 11.8 Å². The van der Waals surface area contributed by atoms with Gasteiger partial charge in [-0.1, -0.05) is 0 Å². The number of esters is 1. The van der Waals surface area contributed by atoms with Crippen LogP contribution in [0, 0.1) is 0 Å². The fourth-order valence-electron chi connectivity index (χ4n) is 0.848. The molecule has 4 nitrogen and oxygen atoms in total. The lowest BCUT2D eigenvalue weighted by Crippen LogP contribution is -2.14. The average Bonchev–Trinajstić information content (AvgIpc) is 2.49. The Morgan fingerprint density at radius 3 is 2.58 bits per heavy atom. The summed E-state index contributed by atoms with van der Waals surface area (Å²) in [5.74, 6) is -1.45. The predicted molar refractivity (Wildman–Crippen MR) is 41.8 cm³/mol. The van der Waals surface area contributed by atoms with Crippen molar-refractivity contribution in [2.75, 3.05) is 7.11 Å². The van der Waals surface area contributed by atoms with Gasteiger partial charge in [0.2, 0.25) is 0 Å². The zero-order valence-corrected chi connectivity index (χ0v) is 6.90. The van der Waals surface area contributed by atoms with Crippen molar-refractivity contribution in [2.24, 2.45) is 7.05 Å². The van der Waals surface area contributed by atoms with Gasteiger partial charge in [0.25, 0.3) is 5.78 Å². The molecular formula is C8H9NO3. The van der Waals surface area contributed by atoms with Gasteiger partial charge in [0.1, 0.15) is 0 Å². The summed E-state index contributed by atoms with van der Waals surface area (Å²) >= 11 is 0. The predicted octanol–water partition coefficient (Wildman–Crippen LogP) is 0.381. The van der Waals surface area contributed by atoms with Crippen molar-refractivity contribution < 1.29 is 14.3 Å². The monoisotopic (exact) mass is 167 g/mol. The van der Waals surface area contributed by atoms with Gasteiger partial charge in [-0.3, -0.25) is 4.79 Å². The van der Waals surface area contributed by atoms with E-state index in [0.29, 0.717) is 5.56 Å². The number of Topliss-reactive ketones (excluding diaryl/α,β-unsaturated/α-hetero) is 1. The van der Waals surface area contributed by atoms with E-state index in [1.807, 2.05) is 0 Å². The van der Waals surface area contributed by atoms with Crippen LogP contribution in [0.25, 0.3) is 0 Å². The van der Waals surface area contributed by atoms with Crippen molar-refractivity contribution in [3.8, 4) is 0 Å². The third kappa shape index (κ3) is 1.53.